The Bertz CT molecular complexity index is 1160. The van der Waals surface area contributed by atoms with Crippen LogP contribution in [0.5, 0.6) is 0 Å². The van der Waals surface area contributed by atoms with Crippen molar-refractivity contribution in [2.24, 2.45) is 0 Å². The van der Waals surface area contributed by atoms with Crippen molar-refractivity contribution < 1.29 is 38.6 Å². The summed E-state index contributed by atoms with van der Waals surface area (Å²) in [5.41, 5.74) is 3.34. The fraction of sp³-hybridized carbons (Fsp3) is 0.773. The summed E-state index contributed by atoms with van der Waals surface area (Å²) < 4.78 is 28.5. The summed E-state index contributed by atoms with van der Waals surface area (Å²) in [6, 6.07) is 0. The van der Waals surface area contributed by atoms with Crippen molar-refractivity contribution in [1.82, 2.24) is 20.0 Å². The van der Waals surface area contributed by atoms with Crippen molar-refractivity contribution in [3.63, 3.8) is 0 Å². The number of hydrogen-bond acceptors (Lipinski definition) is 10. The van der Waals surface area contributed by atoms with Gasteiger partial charge in [-0.3, -0.25) is 9.57 Å². The highest BCUT2D eigenvalue weighted by Crippen LogP contribution is 2.60. The summed E-state index contributed by atoms with van der Waals surface area (Å²) in [6.45, 7) is 8.63. The van der Waals surface area contributed by atoms with Crippen LogP contribution >= 0.6 is 7.60 Å². The first-order valence-electron chi connectivity index (χ1n) is 12.4. The molecule has 2 aliphatic heterocycles. The van der Waals surface area contributed by atoms with Crippen molar-refractivity contribution in [2.45, 2.75) is 102 Å². The molecule has 0 spiro atoms. The average Bonchev–Trinajstić information content (AvgIpc) is 3.35. The number of hydrazine groups is 1. The van der Waals surface area contributed by atoms with Gasteiger partial charge in [0, 0.05) is 13.5 Å². The summed E-state index contributed by atoms with van der Waals surface area (Å²) >= 11 is 0. The van der Waals surface area contributed by atoms with E-state index in [1.165, 1.54) is 6.33 Å². The smallest absolute Gasteiger partial charge is 0.359 e. The first-order chi connectivity index (χ1) is 16.8. The highest BCUT2D eigenvalue weighted by Gasteiger charge is 2.53. The third kappa shape index (κ3) is 4.35. The summed E-state index contributed by atoms with van der Waals surface area (Å²) in [5, 5.41) is 32.5. The van der Waals surface area contributed by atoms with E-state index in [2.05, 4.69) is 15.4 Å². The molecular formula is C22H38N6O7P+. The number of ether oxygens (including phenoxy) is 1. The minimum Gasteiger partial charge on any atom is -0.387 e. The monoisotopic (exact) mass is 529 g/mol. The normalized spacial score (nSPS) is 29.9. The lowest BCUT2D eigenvalue weighted by molar-refractivity contribution is -0.704. The van der Waals surface area contributed by atoms with Crippen molar-refractivity contribution in [3.8, 4) is 0 Å². The number of nitrogens with one attached hydrogen (secondary N) is 1. The fourth-order valence-electron chi connectivity index (χ4n) is 4.99. The molecule has 5 N–H and O–H groups in total. The van der Waals surface area contributed by atoms with Crippen LogP contribution in [0.25, 0.3) is 11.2 Å². The Balaban J connectivity index is 1.62. The maximum absolute atomic E-state index is 13.1. The van der Waals surface area contributed by atoms with Gasteiger partial charge in [-0.05, 0) is 33.1 Å². The zero-order valence-corrected chi connectivity index (χ0v) is 22.5. The molecule has 2 aromatic heterocycles. The van der Waals surface area contributed by atoms with Gasteiger partial charge >= 0.3 is 7.60 Å². The summed E-state index contributed by atoms with van der Waals surface area (Å²) in [6.07, 6.45) is -0.942. The molecule has 0 saturated carbocycles. The number of nitrogens with zero attached hydrogens (tertiary/aromatic N) is 5. The minimum absolute atomic E-state index is 0.0203. The number of aromatic nitrogens is 4. The number of rotatable bonds is 9. The zero-order chi connectivity index (χ0) is 26.6. The number of aliphatic hydroxyl groups is 3. The third-order valence-corrected chi connectivity index (χ3v) is 10.0. The molecule has 13 nitrogen and oxygen atoms in total. The molecule has 0 amide bonds. The van der Waals surface area contributed by atoms with E-state index < -0.39 is 43.1 Å². The molecule has 1 saturated heterocycles. The average molecular weight is 530 g/mol. The zero-order valence-electron chi connectivity index (χ0n) is 21.6. The van der Waals surface area contributed by atoms with Crippen molar-refractivity contribution in [2.75, 3.05) is 12.1 Å². The summed E-state index contributed by atoms with van der Waals surface area (Å²) in [7, 11) is -2.59. The maximum atomic E-state index is 13.1. The SMILES string of the molecule is CCC(C)(C[C@H]1O[C@@H](n2c[n+]3c4c(ncnc42)N(C)NC3C)[C@H](O)[C@@H]1O)OP(=O)(O)C(O)(CC)CC. The Hall–Kier alpha value is -1.70. The van der Waals surface area contributed by atoms with Gasteiger partial charge in [0.15, 0.2) is 17.3 Å². The molecule has 3 unspecified atom stereocenters. The topological polar surface area (TPSA) is 166 Å². The van der Waals surface area contributed by atoms with Gasteiger partial charge in [0.2, 0.25) is 18.1 Å². The summed E-state index contributed by atoms with van der Waals surface area (Å²) in [4.78, 5) is 19.4. The first kappa shape index (κ1) is 27.3. The van der Waals surface area contributed by atoms with Gasteiger partial charge in [0.25, 0.3) is 5.65 Å². The third-order valence-electron chi connectivity index (χ3n) is 7.65. The Morgan fingerprint density at radius 3 is 2.50 bits per heavy atom. The van der Waals surface area contributed by atoms with Crippen molar-refractivity contribution >= 4 is 24.6 Å². The lowest BCUT2D eigenvalue weighted by atomic mass is 9.93. The highest BCUT2D eigenvalue weighted by atomic mass is 31.2. The molecule has 1 fully saturated rings. The Kier molecular flexibility index (Phi) is 7.26. The quantitative estimate of drug-likeness (QED) is 0.233. The number of hydrogen-bond donors (Lipinski definition) is 5. The summed E-state index contributed by atoms with van der Waals surface area (Å²) in [5.74, 6) is 0.659. The minimum atomic E-state index is -4.44. The highest BCUT2D eigenvalue weighted by molar-refractivity contribution is 7.54. The van der Waals surface area contributed by atoms with E-state index in [9.17, 15) is 24.8 Å². The van der Waals surface area contributed by atoms with E-state index in [1.54, 1.807) is 43.6 Å². The van der Waals surface area contributed by atoms with Crippen LogP contribution in [0.3, 0.4) is 0 Å². The lowest BCUT2D eigenvalue weighted by Gasteiger charge is -2.38. The van der Waals surface area contributed by atoms with E-state index >= 15 is 0 Å². The molecular weight excluding hydrogens is 491 g/mol. The van der Waals surface area contributed by atoms with Gasteiger partial charge in [0.1, 0.15) is 18.5 Å². The van der Waals surface area contributed by atoms with Crippen LogP contribution < -0.4 is 15.0 Å². The molecule has 4 rings (SSSR count). The second-order valence-corrected chi connectivity index (χ2v) is 12.1. The standard InChI is InChI=1S/C22H37N6O7P/c1-7-21(5,35-36(32,33)22(31,8-2)9-3)10-14-16(29)17(30)20(34-14)28-12-27-13(4)25-26(6)18-15(27)19(28)24-11-23-18/h11-14,16-17,20,25,29-31H,7-10H2,1-6H3/p+1/t13?,14-,16-,17-,20-,21?/m1/s1. The first-order valence-corrected chi connectivity index (χ1v) is 13.9. The largest absolute Gasteiger partial charge is 0.387 e. The van der Waals surface area contributed by atoms with Crippen LogP contribution in [0.4, 0.5) is 5.82 Å². The molecule has 0 aliphatic carbocycles. The van der Waals surface area contributed by atoms with Crippen LogP contribution in [0.2, 0.25) is 0 Å². The van der Waals surface area contributed by atoms with Crippen LogP contribution in [0, 0.1) is 0 Å². The van der Waals surface area contributed by atoms with Crippen molar-refractivity contribution in [3.05, 3.63) is 12.7 Å². The van der Waals surface area contributed by atoms with E-state index in [1.807, 2.05) is 18.5 Å². The molecule has 4 heterocycles. The number of imidazole rings is 1. The van der Waals surface area contributed by atoms with Gasteiger partial charge in [-0.2, -0.15) is 15.0 Å². The molecule has 7 atom stereocenters. The molecule has 0 bridgehead atoms. The fourth-order valence-corrected chi connectivity index (χ4v) is 6.76. The number of anilines is 1. The van der Waals surface area contributed by atoms with E-state index in [0.29, 0.717) is 17.9 Å². The van der Waals surface area contributed by atoms with E-state index in [0.717, 1.165) is 5.52 Å². The van der Waals surface area contributed by atoms with Gasteiger partial charge in [-0.15, -0.1) is 0 Å². The van der Waals surface area contributed by atoms with Gasteiger partial charge in [-0.1, -0.05) is 20.8 Å². The second kappa shape index (κ2) is 9.55. The van der Waals surface area contributed by atoms with Crippen LogP contribution in [-0.2, 0) is 13.8 Å². The predicted octanol–water partition coefficient (Wildman–Crippen LogP) is 1.08. The molecule has 202 valence electrons. The molecule has 2 aliphatic rings. The van der Waals surface area contributed by atoms with Crippen LogP contribution in [0.15, 0.2) is 12.7 Å². The second-order valence-electron chi connectivity index (χ2n) is 10.0. The molecule has 0 radical (unpaired) electrons. The van der Waals surface area contributed by atoms with E-state index in [-0.39, 0.29) is 25.4 Å². The van der Waals surface area contributed by atoms with E-state index in [4.69, 9.17) is 9.26 Å². The van der Waals surface area contributed by atoms with Gasteiger partial charge in [-0.25, -0.2) is 9.55 Å². The molecule has 36 heavy (non-hydrogen) atoms. The molecule has 2 aromatic rings. The maximum Gasteiger partial charge on any atom is 0.359 e. The van der Waals surface area contributed by atoms with Crippen LogP contribution in [0.1, 0.15) is 72.7 Å². The molecule has 0 aromatic carbocycles. The lowest BCUT2D eigenvalue weighted by Crippen LogP contribution is -2.55. The predicted molar refractivity (Wildman–Crippen MR) is 130 cm³/mol. The van der Waals surface area contributed by atoms with Crippen molar-refractivity contribution in [1.29, 1.82) is 0 Å². The number of aliphatic hydroxyl groups excluding tert-OH is 2. The Morgan fingerprint density at radius 1 is 1.22 bits per heavy atom. The van der Waals surface area contributed by atoms with Crippen LogP contribution in [-0.4, -0.2) is 71.1 Å². The van der Waals surface area contributed by atoms with Gasteiger partial charge in [0.05, 0.1) is 11.7 Å². The molecule has 14 heteroatoms. The Morgan fingerprint density at radius 2 is 1.89 bits per heavy atom. The Labute approximate surface area is 210 Å². The van der Waals surface area contributed by atoms with Gasteiger partial charge < -0.3 is 29.5 Å².